The monoisotopic (exact) mass is 262 g/mol. The van der Waals surface area contributed by atoms with E-state index >= 15 is 0 Å². The van der Waals surface area contributed by atoms with Crippen molar-refractivity contribution in [2.75, 3.05) is 6.61 Å². The molecule has 3 nitrogen and oxygen atoms in total. The first-order valence-corrected chi connectivity index (χ1v) is 5.58. The van der Waals surface area contributed by atoms with Crippen LogP contribution in [0.4, 0.5) is 0 Å². The number of benzene rings is 1. The van der Waals surface area contributed by atoms with Gasteiger partial charge >= 0.3 is 5.97 Å². The van der Waals surface area contributed by atoms with Gasteiger partial charge in [-0.05, 0) is 24.6 Å². The Morgan fingerprint density at radius 2 is 2.12 bits per heavy atom. The van der Waals surface area contributed by atoms with E-state index in [9.17, 15) is 4.79 Å². The summed E-state index contributed by atoms with van der Waals surface area (Å²) < 4.78 is 5.10. The number of rotatable bonds is 5. The van der Waals surface area contributed by atoms with Crippen LogP contribution in [0.25, 0.3) is 0 Å². The highest BCUT2D eigenvalue weighted by Gasteiger charge is 2.18. The Morgan fingerprint density at radius 1 is 1.44 bits per heavy atom. The molecule has 88 valence electrons. The number of hydrogen-bond donors (Lipinski definition) is 1. The van der Waals surface area contributed by atoms with Crippen LogP contribution in [0.1, 0.15) is 12.5 Å². The quantitative estimate of drug-likeness (QED) is 0.888. The first kappa shape index (κ1) is 13.3. The molecule has 0 saturated carbocycles. The van der Waals surface area contributed by atoms with Gasteiger partial charge in [0.05, 0.1) is 10.0 Å². The van der Waals surface area contributed by atoms with Crippen molar-refractivity contribution in [2.45, 2.75) is 19.4 Å². The number of ether oxygens (including phenoxy) is 1. The van der Waals surface area contributed by atoms with Crippen LogP contribution in [-0.4, -0.2) is 23.8 Å². The number of aliphatic carboxylic acids is 1. The number of carboxylic acids is 1. The average molecular weight is 263 g/mol. The second-order valence-corrected chi connectivity index (χ2v) is 4.05. The first-order valence-electron chi connectivity index (χ1n) is 4.83. The minimum atomic E-state index is -0.979. The predicted octanol–water partition coefficient (Wildman–Crippen LogP) is 3.03. The van der Waals surface area contributed by atoms with Gasteiger partial charge in [-0.3, -0.25) is 0 Å². The fourth-order valence-corrected chi connectivity index (χ4v) is 1.62. The lowest BCUT2D eigenvalue weighted by atomic mass is 10.1. The molecule has 0 heterocycles. The summed E-state index contributed by atoms with van der Waals surface area (Å²) in [5, 5.41) is 9.77. The molecular weight excluding hydrogens is 251 g/mol. The Labute approximate surface area is 104 Å². The zero-order valence-electron chi connectivity index (χ0n) is 8.74. The Hall–Kier alpha value is -0.770. The molecule has 0 spiro atoms. The smallest absolute Gasteiger partial charge is 0.333 e. The van der Waals surface area contributed by atoms with Gasteiger partial charge in [0.1, 0.15) is 0 Å². The molecule has 0 bridgehead atoms. The molecular formula is C11H12Cl2O3. The fourth-order valence-electron chi connectivity index (χ4n) is 1.30. The van der Waals surface area contributed by atoms with Gasteiger partial charge in [0, 0.05) is 13.0 Å². The van der Waals surface area contributed by atoms with Crippen molar-refractivity contribution in [3.8, 4) is 0 Å². The van der Waals surface area contributed by atoms with E-state index < -0.39 is 12.1 Å². The van der Waals surface area contributed by atoms with Gasteiger partial charge in [-0.25, -0.2) is 4.79 Å². The van der Waals surface area contributed by atoms with E-state index in [4.69, 9.17) is 33.0 Å². The molecule has 1 aromatic carbocycles. The van der Waals surface area contributed by atoms with Gasteiger partial charge in [-0.15, -0.1) is 0 Å². The molecule has 0 amide bonds. The Bertz CT molecular complexity index is 379. The van der Waals surface area contributed by atoms with E-state index in [0.29, 0.717) is 16.7 Å². The molecule has 0 aromatic heterocycles. The highest BCUT2D eigenvalue weighted by Crippen LogP contribution is 2.23. The van der Waals surface area contributed by atoms with Crippen molar-refractivity contribution < 1.29 is 14.6 Å². The molecule has 0 aliphatic rings. The van der Waals surface area contributed by atoms with E-state index in [1.165, 1.54) is 0 Å². The van der Waals surface area contributed by atoms with Crippen molar-refractivity contribution in [1.29, 1.82) is 0 Å². The van der Waals surface area contributed by atoms with E-state index in [1.807, 2.05) is 0 Å². The zero-order valence-corrected chi connectivity index (χ0v) is 10.3. The van der Waals surface area contributed by atoms with Crippen LogP contribution in [0.5, 0.6) is 0 Å². The Kier molecular flexibility index (Phi) is 5.06. The second kappa shape index (κ2) is 6.09. The third-order valence-electron chi connectivity index (χ3n) is 2.05. The van der Waals surface area contributed by atoms with E-state index in [2.05, 4.69) is 0 Å². The largest absolute Gasteiger partial charge is 0.479 e. The summed E-state index contributed by atoms with van der Waals surface area (Å²) in [7, 11) is 0. The van der Waals surface area contributed by atoms with Crippen LogP contribution in [0, 0.1) is 0 Å². The molecule has 0 radical (unpaired) electrons. The molecule has 5 heteroatoms. The average Bonchev–Trinajstić information content (AvgIpc) is 2.22. The maximum Gasteiger partial charge on any atom is 0.333 e. The van der Waals surface area contributed by atoms with E-state index in [0.717, 1.165) is 5.56 Å². The van der Waals surface area contributed by atoms with Crippen molar-refractivity contribution in [3.05, 3.63) is 33.8 Å². The van der Waals surface area contributed by atoms with Gasteiger partial charge in [0.25, 0.3) is 0 Å². The molecule has 1 aromatic rings. The minimum absolute atomic E-state index is 0.278. The summed E-state index contributed by atoms with van der Waals surface area (Å²) in [4.78, 5) is 10.9. The normalized spacial score (nSPS) is 12.4. The molecule has 0 saturated heterocycles. The minimum Gasteiger partial charge on any atom is -0.479 e. The lowest BCUT2D eigenvalue weighted by Gasteiger charge is -2.12. The van der Waals surface area contributed by atoms with Crippen molar-refractivity contribution in [1.82, 2.24) is 0 Å². The molecule has 0 aliphatic carbocycles. The maximum atomic E-state index is 10.9. The van der Waals surface area contributed by atoms with Crippen LogP contribution in [0.3, 0.4) is 0 Å². The van der Waals surface area contributed by atoms with Gasteiger partial charge < -0.3 is 9.84 Å². The van der Waals surface area contributed by atoms with Crippen molar-refractivity contribution in [2.24, 2.45) is 0 Å². The van der Waals surface area contributed by atoms with Crippen molar-refractivity contribution >= 4 is 29.2 Å². The van der Waals surface area contributed by atoms with Gasteiger partial charge in [-0.2, -0.15) is 0 Å². The molecule has 1 atom stereocenters. The zero-order chi connectivity index (χ0) is 12.1. The van der Waals surface area contributed by atoms with E-state index in [-0.39, 0.29) is 6.42 Å². The summed E-state index contributed by atoms with van der Waals surface area (Å²) in [6.45, 7) is 2.11. The predicted molar refractivity (Wildman–Crippen MR) is 63.2 cm³/mol. The SMILES string of the molecule is CCO[C@@H](Cc1ccc(Cl)c(Cl)c1)C(=O)O. The molecule has 1 N–H and O–H groups in total. The van der Waals surface area contributed by atoms with Crippen LogP contribution in [0.2, 0.25) is 10.0 Å². The number of carbonyl (C=O) groups is 1. The fraction of sp³-hybridized carbons (Fsp3) is 0.364. The molecule has 16 heavy (non-hydrogen) atoms. The summed E-state index contributed by atoms with van der Waals surface area (Å²) >= 11 is 11.6. The summed E-state index contributed by atoms with van der Waals surface area (Å²) in [6.07, 6.45) is -0.567. The topological polar surface area (TPSA) is 46.5 Å². The Balaban J connectivity index is 2.77. The number of halogens is 2. The van der Waals surface area contributed by atoms with Crippen LogP contribution < -0.4 is 0 Å². The number of carboxylic acid groups (broad SMARTS) is 1. The third kappa shape index (κ3) is 3.67. The summed E-state index contributed by atoms with van der Waals surface area (Å²) in [5.74, 6) is -0.979. The second-order valence-electron chi connectivity index (χ2n) is 3.23. The standard InChI is InChI=1S/C11H12Cl2O3/c1-2-16-10(11(14)15)6-7-3-4-8(12)9(13)5-7/h3-5,10H,2,6H2,1H3,(H,14,15)/t10-/m0/s1. The molecule has 0 fully saturated rings. The third-order valence-corrected chi connectivity index (χ3v) is 2.79. The summed E-state index contributed by atoms with van der Waals surface area (Å²) in [5.41, 5.74) is 0.787. The Morgan fingerprint density at radius 3 is 2.62 bits per heavy atom. The summed E-state index contributed by atoms with van der Waals surface area (Å²) in [6, 6.07) is 5.03. The molecule has 1 rings (SSSR count). The lowest BCUT2D eigenvalue weighted by molar-refractivity contribution is -0.149. The first-order chi connectivity index (χ1) is 7.54. The maximum absolute atomic E-state index is 10.9. The highest BCUT2D eigenvalue weighted by atomic mass is 35.5. The van der Waals surface area contributed by atoms with Gasteiger partial charge in [0.2, 0.25) is 0 Å². The molecule has 0 aliphatic heterocycles. The van der Waals surface area contributed by atoms with Crippen LogP contribution in [-0.2, 0) is 16.0 Å². The highest BCUT2D eigenvalue weighted by molar-refractivity contribution is 6.42. The lowest BCUT2D eigenvalue weighted by Crippen LogP contribution is -2.26. The van der Waals surface area contributed by atoms with E-state index in [1.54, 1.807) is 25.1 Å². The number of hydrogen-bond acceptors (Lipinski definition) is 2. The van der Waals surface area contributed by atoms with Gasteiger partial charge in [0.15, 0.2) is 6.10 Å². The van der Waals surface area contributed by atoms with Crippen LogP contribution in [0.15, 0.2) is 18.2 Å². The van der Waals surface area contributed by atoms with Crippen LogP contribution >= 0.6 is 23.2 Å². The van der Waals surface area contributed by atoms with Gasteiger partial charge in [-0.1, -0.05) is 29.3 Å². The molecule has 0 unspecified atom stereocenters. The van der Waals surface area contributed by atoms with Crippen molar-refractivity contribution in [3.63, 3.8) is 0 Å².